The Bertz CT molecular complexity index is 1880. The number of piperidine rings is 1. The minimum Gasteiger partial charge on any atom is -0.451 e. The Kier molecular flexibility index (Phi) is 7.52. The topological polar surface area (TPSA) is 117 Å². The average molecular weight is 620 g/mol. The highest BCUT2D eigenvalue weighted by Gasteiger charge is 2.47. The predicted octanol–water partition coefficient (Wildman–Crippen LogP) is 4.13. The molecule has 9 nitrogen and oxygen atoms in total. The van der Waals surface area contributed by atoms with Crippen LogP contribution in [0.15, 0.2) is 88.1 Å². The highest BCUT2D eigenvalue weighted by molar-refractivity contribution is 7.92. The second-order valence-electron chi connectivity index (χ2n) is 11.2. The third-order valence-electron chi connectivity index (χ3n) is 8.44. The molecule has 6 rings (SSSR count). The number of amides is 2. The van der Waals surface area contributed by atoms with Crippen LogP contribution in [0.4, 0.5) is 5.69 Å². The summed E-state index contributed by atoms with van der Waals surface area (Å²) >= 11 is 6.07. The maximum absolute atomic E-state index is 14.0. The number of likely N-dealkylation sites (tertiary alicyclic amines) is 1. The highest BCUT2D eigenvalue weighted by atomic mass is 35.5. The van der Waals surface area contributed by atoms with Crippen LogP contribution < -0.4 is 15.1 Å². The number of benzene rings is 3. The predicted molar refractivity (Wildman–Crippen MR) is 165 cm³/mol. The largest absolute Gasteiger partial charge is 0.451 e. The molecule has 222 valence electrons. The van der Waals surface area contributed by atoms with Crippen molar-refractivity contribution in [2.75, 3.05) is 30.2 Å². The van der Waals surface area contributed by atoms with Crippen molar-refractivity contribution in [1.29, 1.82) is 0 Å². The summed E-state index contributed by atoms with van der Waals surface area (Å²) in [5, 5.41) is 3.72. The monoisotopic (exact) mass is 619 g/mol. The number of hydrogen-bond acceptors (Lipinski definition) is 6. The first-order valence-electron chi connectivity index (χ1n) is 14.0. The zero-order valence-electron chi connectivity index (χ0n) is 23.5. The van der Waals surface area contributed by atoms with Gasteiger partial charge >= 0.3 is 0 Å². The molecule has 1 N–H and O–H groups in total. The minimum absolute atomic E-state index is 0.182. The molecular formula is C32H30ClN3O6S. The molecule has 3 aromatic carbocycles. The average Bonchev–Trinajstić information content (AvgIpc) is 3.32. The molecule has 43 heavy (non-hydrogen) atoms. The molecule has 2 amide bonds. The summed E-state index contributed by atoms with van der Waals surface area (Å²) in [6, 6.07) is 21.4. The maximum atomic E-state index is 14.0. The fraction of sp³-hybridized carbons (Fsp3) is 0.281. The van der Waals surface area contributed by atoms with E-state index in [1.807, 2.05) is 24.3 Å². The number of carbonyl (C=O) groups excluding carboxylic acids is 2. The summed E-state index contributed by atoms with van der Waals surface area (Å²) in [5.41, 5.74) is 1.99. The number of nitrogens with zero attached hydrogens (tertiary/aromatic N) is 2. The van der Waals surface area contributed by atoms with Gasteiger partial charge in [-0.15, -0.1) is 0 Å². The van der Waals surface area contributed by atoms with E-state index in [2.05, 4.69) is 5.32 Å². The number of fused-ring (bicyclic) bond motifs is 3. The normalized spacial score (nSPS) is 16.7. The van der Waals surface area contributed by atoms with E-state index in [9.17, 15) is 22.8 Å². The number of hydrogen-bond donors (Lipinski definition) is 1. The van der Waals surface area contributed by atoms with Crippen molar-refractivity contribution >= 4 is 50.1 Å². The summed E-state index contributed by atoms with van der Waals surface area (Å²) in [6.45, 7) is 1.12. The van der Waals surface area contributed by atoms with Crippen LogP contribution in [0.3, 0.4) is 0 Å². The van der Waals surface area contributed by atoms with E-state index in [0.29, 0.717) is 48.6 Å². The van der Waals surface area contributed by atoms with Crippen LogP contribution in [0, 0.1) is 0 Å². The third kappa shape index (κ3) is 5.64. The molecule has 0 saturated carbocycles. The molecule has 11 heteroatoms. The van der Waals surface area contributed by atoms with Gasteiger partial charge in [-0.1, -0.05) is 54.1 Å². The van der Waals surface area contributed by atoms with Crippen molar-refractivity contribution < 1.29 is 22.4 Å². The van der Waals surface area contributed by atoms with Crippen molar-refractivity contribution in [3.8, 4) is 0 Å². The zero-order chi connectivity index (χ0) is 30.4. The quantitative estimate of drug-likeness (QED) is 0.347. The van der Waals surface area contributed by atoms with Gasteiger partial charge in [-0.25, -0.2) is 8.42 Å². The molecule has 3 heterocycles. The second kappa shape index (κ2) is 11.2. The van der Waals surface area contributed by atoms with Gasteiger partial charge in [0.1, 0.15) is 11.6 Å². The molecule has 0 radical (unpaired) electrons. The van der Waals surface area contributed by atoms with E-state index in [1.165, 1.54) is 10.6 Å². The first kappa shape index (κ1) is 28.9. The second-order valence-corrected chi connectivity index (χ2v) is 13.6. The van der Waals surface area contributed by atoms with Crippen molar-refractivity contribution in [2.45, 2.75) is 30.7 Å². The van der Waals surface area contributed by atoms with Gasteiger partial charge in [0, 0.05) is 42.6 Å². The molecule has 2 aliphatic rings. The van der Waals surface area contributed by atoms with E-state index in [0.717, 1.165) is 17.2 Å². The van der Waals surface area contributed by atoms with Crippen molar-refractivity contribution in [3.63, 3.8) is 0 Å². The summed E-state index contributed by atoms with van der Waals surface area (Å²) in [7, 11) is -3.46. The molecule has 0 aliphatic carbocycles. The van der Waals surface area contributed by atoms with Crippen molar-refractivity contribution in [3.05, 3.63) is 111 Å². The number of sulfonamides is 1. The Labute approximate surface area is 254 Å². The SMILES string of the molecule is CS(=O)(=O)N1CC2(CCN(C(=O)[C@H](Cc3ccc(Cl)cc3)NC(=O)c3cc(=O)c4ccccc4o3)CC2)c2ccccc21. The van der Waals surface area contributed by atoms with E-state index in [4.69, 9.17) is 16.0 Å². The summed E-state index contributed by atoms with van der Waals surface area (Å²) in [4.78, 5) is 41.7. The van der Waals surface area contributed by atoms with Gasteiger partial charge in [-0.3, -0.25) is 18.7 Å². The Hall–Kier alpha value is -4.15. The summed E-state index contributed by atoms with van der Waals surface area (Å²) in [5.74, 6) is -1.12. The fourth-order valence-corrected chi connectivity index (χ4v) is 7.31. The maximum Gasteiger partial charge on any atom is 0.287 e. The molecular weight excluding hydrogens is 590 g/mol. The van der Waals surface area contributed by atoms with E-state index in [-0.39, 0.29) is 29.1 Å². The van der Waals surface area contributed by atoms with Gasteiger partial charge in [-0.05, 0) is 54.3 Å². The molecule has 4 aromatic rings. The van der Waals surface area contributed by atoms with Gasteiger partial charge in [0.2, 0.25) is 15.9 Å². The molecule has 2 aliphatic heterocycles. The Morgan fingerprint density at radius 1 is 1.00 bits per heavy atom. The van der Waals surface area contributed by atoms with Crippen molar-refractivity contribution in [1.82, 2.24) is 10.2 Å². The summed E-state index contributed by atoms with van der Waals surface area (Å²) < 4.78 is 32.3. The number of halogens is 1. The van der Waals surface area contributed by atoms with Crippen LogP contribution in [-0.2, 0) is 26.7 Å². The molecule has 1 spiro atoms. The lowest BCUT2D eigenvalue weighted by Crippen LogP contribution is -2.54. The number of anilines is 1. The van der Waals surface area contributed by atoms with Gasteiger partial charge in [-0.2, -0.15) is 0 Å². The number of nitrogens with one attached hydrogen (secondary N) is 1. The lowest BCUT2D eigenvalue weighted by molar-refractivity contribution is -0.134. The van der Waals surface area contributed by atoms with Crippen LogP contribution >= 0.6 is 11.6 Å². The van der Waals surface area contributed by atoms with E-state index < -0.39 is 27.4 Å². The third-order valence-corrected chi connectivity index (χ3v) is 9.82. The molecule has 1 atom stereocenters. The van der Waals surface area contributed by atoms with Gasteiger partial charge in [0.05, 0.1) is 17.3 Å². The van der Waals surface area contributed by atoms with E-state index in [1.54, 1.807) is 53.4 Å². The van der Waals surface area contributed by atoms with Crippen LogP contribution in [0.2, 0.25) is 5.02 Å². The van der Waals surface area contributed by atoms with Crippen LogP contribution in [0.25, 0.3) is 11.0 Å². The van der Waals surface area contributed by atoms with Crippen LogP contribution in [0.1, 0.15) is 34.5 Å². The standard InChI is InChI=1S/C32H30ClN3O6S/c1-43(40,41)36-20-32(24-7-3-4-8-26(24)36)14-16-35(17-15-32)31(39)25(18-21-10-12-22(33)13-11-21)34-30(38)29-19-27(37)23-6-2-5-9-28(23)42-29/h2-13,19,25H,14-18,20H2,1H3,(H,34,38)/t25-/m0/s1. The minimum atomic E-state index is -3.46. The lowest BCUT2D eigenvalue weighted by Gasteiger charge is -2.41. The van der Waals surface area contributed by atoms with Gasteiger partial charge in [0.15, 0.2) is 11.2 Å². The Morgan fingerprint density at radius 3 is 2.40 bits per heavy atom. The number of carbonyl (C=O) groups is 2. The van der Waals surface area contributed by atoms with Crippen molar-refractivity contribution in [2.24, 2.45) is 0 Å². The summed E-state index contributed by atoms with van der Waals surface area (Å²) in [6.07, 6.45) is 2.56. The number of para-hydroxylation sites is 2. The molecule has 1 fully saturated rings. The first-order valence-corrected chi connectivity index (χ1v) is 16.2. The Morgan fingerprint density at radius 2 is 1.67 bits per heavy atom. The van der Waals surface area contributed by atoms with Crippen LogP contribution in [-0.4, -0.2) is 57.1 Å². The smallest absolute Gasteiger partial charge is 0.287 e. The Balaban J connectivity index is 1.24. The highest BCUT2D eigenvalue weighted by Crippen LogP contribution is 2.47. The molecule has 1 aromatic heterocycles. The van der Waals surface area contributed by atoms with Gasteiger partial charge < -0.3 is 14.6 Å². The van der Waals surface area contributed by atoms with Crippen LogP contribution in [0.5, 0.6) is 0 Å². The lowest BCUT2D eigenvalue weighted by atomic mass is 9.74. The first-order chi connectivity index (χ1) is 20.5. The number of rotatable bonds is 6. The van der Waals surface area contributed by atoms with Gasteiger partial charge in [0.25, 0.3) is 5.91 Å². The van der Waals surface area contributed by atoms with E-state index >= 15 is 0 Å². The molecule has 0 bridgehead atoms. The fourth-order valence-electron chi connectivity index (χ4n) is 6.19. The zero-order valence-corrected chi connectivity index (χ0v) is 25.0. The molecule has 0 unspecified atom stereocenters. The molecule has 1 saturated heterocycles.